The van der Waals surface area contributed by atoms with E-state index in [1.54, 1.807) is 7.11 Å². The molecule has 3 aromatic rings. The standard InChI is InChI=1S/C28H31ClN2O3/c1-21-6-3-9-24(16-21)28(32)31-14-12-30(13-15-31)19-27(23-8-5-11-26(18-23)33-2)34-20-22-7-4-10-25(29)17-22/h3-11,16-18,27H,12-15,19-20H2,1-2H3/t27-/m1/s1. The molecule has 178 valence electrons. The lowest BCUT2D eigenvalue weighted by Crippen LogP contribution is -2.49. The number of aryl methyl sites for hydroxylation is 1. The molecular weight excluding hydrogens is 448 g/mol. The number of benzene rings is 3. The average Bonchev–Trinajstić information content (AvgIpc) is 2.86. The van der Waals surface area contributed by atoms with Crippen molar-refractivity contribution in [3.8, 4) is 5.75 Å². The van der Waals surface area contributed by atoms with E-state index in [0.29, 0.717) is 24.7 Å². The molecule has 1 fully saturated rings. The van der Waals surface area contributed by atoms with Gasteiger partial charge in [-0.05, 0) is 54.4 Å². The summed E-state index contributed by atoms with van der Waals surface area (Å²) in [5.41, 5.74) is 3.96. The minimum Gasteiger partial charge on any atom is -0.497 e. The zero-order chi connectivity index (χ0) is 23.9. The number of amides is 1. The Morgan fingerprint density at radius 3 is 2.47 bits per heavy atom. The van der Waals surface area contributed by atoms with Crippen molar-refractivity contribution >= 4 is 17.5 Å². The van der Waals surface area contributed by atoms with E-state index in [-0.39, 0.29) is 12.0 Å². The van der Waals surface area contributed by atoms with Gasteiger partial charge in [-0.25, -0.2) is 0 Å². The molecule has 5 nitrogen and oxygen atoms in total. The van der Waals surface area contributed by atoms with E-state index in [2.05, 4.69) is 11.0 Å². The highest BCUT2D eigenvalue weighted by atomic mass is 35.5. The second kappa shape index (κ2) is 11.5. The van der Waals surface area contributed by atoms with Crippen molar-refractivity contribution in [2.45, 2.75) is 19.6 Å². The number of carbonyl (C=O) groups excluding carboxylic acids is 1. The molecular formula is C28H31ClN2O3. The number of ether oxygens (including phenoxy) is 2. The van der Waals surface area contributed by atoms with Gasteiger partial charge < -0.3 is 14.4 Å². The molecule has 0 spiro atoms. The van der Waals surface area contributed by atoms with Crippen LogP contribution in [0.25, 0.3) is 0 Å². The van der Waals surface area contributed by atoms with Crippen LogP contribution in [0.1, 0.15) is 33.2 Å². The number of piperazine rings is 1. The van der Waals surface area contributed by atoms with Gasteiger partial charge in [0.05, 0.1) is 19.8 Å². The van der Waals surface area contributed by atoms with Crippen LogP contribution >= 0.6 is 11.6 Å². The minimum absolute atomic E-state index is 0.102. The maximum Gasteiger partial charge on any atom is 0.253 e. The Labute approximate surface area is 206 Å². The molecule has 3 aromatic carbocycles. The Balaban J connectivity index is 1.41. The number of carbonyl (C=O) groups is 1. The molecule has 0 aromatic heterocycles. The van der Waals surface area contributed by atoms with Gasteiger partial charge >= 0.3 is 0 Å². The van der Waals surface area contributed by atoms with E-state index in [4.69, 9.17) is 21.1 Å². The first-order chi connectivity index (χ1) is 16.5. The Bertz CT molecular complexity index is 1110. The first-order valence-electron chi connectivity index (χ1n) is 11.6. The third-order valence-corrected chi connectivity index (χ3v) is 6.39. The van der Waals surface area contributed by atoms with E-state index in [9.17, 15) is 4.79 Å². The molecule has 1 aliphatic rings. The highest BCUT2D eigenvalue weighted by molar-refractivity contribution is 6.30. The first kappa shape index (κ1) is 24.3. The van der Waals surface area contributed by atoms with Crippen molar-refractivity contribution in [3.05, 3.63) is 100 Å². The van der Waals surface area contributed by atoms with Crippen LogP contribution in [0.2, 0.25) is 5.02 Å². The van der Waals surface area contributed by atoms with Gasteiger partial charge in [0.15, 0.2) is 0 Å². The highest BCUT2D eigenvalue weighted by Crippen LogP contribution is 2.25. The SMILES string of the molecule is COc1cccc([C@@H](CN2CCN(C(=O)c3cccc(C)c3)CC2)OCc2cccc(Cl)c2)c1. The Hall–Kier alpha value is -2.86. The zero-order valence-corrected chi connectivity index (χ0v) is 20.5. The Morgan fingerprint density at radius 2 is 1.74 bits per heavy atom. The van der Waals surface area contributed by atoms with Crippen LogP contribution in [-0.4, -0.2) is 55.5 Å². The molecule has 1 atom stereocenters. The van der Waals surface area contributed by atoms with Crippen molar-refractivity contribution in [2.24, 2.45) is 0 Å². The summed E-state index contributed by atoms with van der Waals surface area (Å²) in [4.78, 5) is 17.2. The van der Waals surface area contributed by atoms with Crippen LogP contribution in [0.3, 0.4) is 0 Å². The van der Waals surface area contributed by atoms with Gasteiger partial charge in [0.2, 0.25) is 0 Å². The number of hydrogen-bond donors (Lipinski definition) is 0. The van der Waals surface area contributed by atoms with Gasteiger partial charge in [-0.15, -0.1) is 0 Å². The maximum atomic E-state index is 12.9. The number of methoxy groups -OCH3 is 1. The number of halogens is 1. The molecule has 1 saturated heterocycles. The van der Waals surface area contributed by atoms with E-state index in [1.807, 2.05) is 78.6 Å². The van der Waals surface area contributed by atoms with Gasteiger partial charge in [0.1, 0.15) is 5.75 Å². The fourth-order valence-corrected chi connectivity index (χ4v) is 4.46. The maximum absolute atomic E-state index is 12.9. The fraction of sp³-hybridized carbons (Fsp3) is 0.321. The lowest BCUT2D eigenvalue weighted by Gasteiger charge is -2.36. The van der Waals surface area contributed by atoms with Gasteiger partial charge in [0, 0.05) is 43.3 Å². The summed E-state index contributed by atoms with van der Waals surface area (Å²) in [7, 11) is 1.67. The van der Waals surface area contributed by atoms with Crippen LogP contribution in [0.4, 0.5) is 0 Å². The van der Waals surface area contributed by atoms with Crippen LogP contribution in [0.5, 0.6) is 5.75 Å². The Kier molecular flexibility index (Phi) is 8.22. The largest absolute Gasteiger partial charge is 0.497 e. The summed E-state index contributed by atoms with van der Waals surface area (Å²) < 4.78 is 11.8. The molecule has 0 radical (unpaired) electrons. The molecule has 0 unspecified atom stereocenters. The number of rotatable bonds is 8. The number of nitrogens with zero attached hydrogens (tertiary/aromatic N) is 2. The van der Waals surface area contributed by atoms with Crippen LogP contribution in [-0.2, 0) is 11.3 Å². The van der Waals surface area contributed by atoms with Gasteiger partial charge in [0.25, 0.3) is 5.91 Å². The third-order valence-electron chi connectivity index (χ3n) is 6.15. The van der Waals surface area contributed by atoms with Crippen LogP contribution < -0.4 is 4.74 Å². The molecule has 0 N–H and O–H groups in total. The summed E-state index contributed by atoms with van der Waals surface area (Å²) in [5.74, 6) is 0.910. The molecule has 1 amide bonds. The quantitative estimate of drug-likeness (QED) is 0.436. The van der Waals surface area contributed by atoms with E-state index >= 15 is 0 Å². The lowest BCUT2D eigenvalue weighted by molar-refractivity contribution is 0.00333. The smallest absolute Gasteiger partial charge is 0.253 e. The van der Waals surface area contributed by atoms with Gasteiger partial charge in [-0.2, -0.15) is 0 Å². The molecule has 34 heavy (non-hydrogen) atoms. The predicted molar refractivity (Wildman–Crippen MR) is 135 cm³/mol. The summed E-state index contributed by atoms with van der Waals surface area (Å²) in [5, 5.41) is 0.702. The molecule has 1 aliphatic heterocycles. The van der Waals surface area contributed by atoms with E-state index < -0.39 is 0 Å². The minimum atomic E-state index is -0.131. The van der Waals surface area contributed by atoms with Crippen molar-refractivity contribution in [1.82, 2.24) is 9.80 Å². The summed E-state index contributed by atoms with van der Waals surface area (Å²) >= 11 is 6.15. The van der Waals surface area contributed by atoms with Crippen LogP contribution in [0, 0.1) is 6.92 Å². The highest BCUT2D eigenvalue weighted by Gasteiger charge is 2.25. The second-order valence-electron chi connectivity index (χ2n) is 8.67. The topological polar surface area (TPSA) is 42.0 Å². The molecule has 4 rings (SSSR count). The first-order valence-corrected chi connectivity index (χ1v) is 12.0. The summed E-state index contributed by atoms with van der Waals surface area (Å²) in [6, 6.07) is 23.6. The van der Waals surface area contributed by atoms with Gasteiger partial charge in [-0.1, -0.05) is 53.6 Å². The zero-order valence-electron chi connectivity index (χ0n) is 19.7. The second-order valence-corrected chi connectivity index (χ2v) is 9.10. The molecule has 0 bridgehead atoms. The van der Waals surface area contributed by atoms with Crippen molar-refractivity contribution in [2.75, 3.05) is 39.8 Å². The fourth-order valence-electron chi connectivity index (χ4n) is 4.25. The number of hydrogen-bond acceptors (Lipinski definition) is 4. The van der Waals surface area contributed by atoms with Crippen molar-refractivity contribution in [1.29, 1.82) is 0 Å². The average molecular weight is 479 g/mol. The predicted octanol–water partition coefficient (Wildman–Crippen LogP) is 5.37. The Morgan fingerprint density at radius 1 is 0.971 bits per heavy atom. The molecule has 0 saturated carbocycles. The van der Waals surface area contributed by atoms with Crippen LogP contribution in [0.15, 0.2) is 72.8 Å². The summed E-state index contributed by atoms with van der Waals surface area (Å²) in [6.45, 7) is 6.22. The monoisotopic (exact) mass is 478 g/mol. The third kappa shape index (κ3) is 6.38. The molecule has 1 heterocycles. The van der Waals surface area contributed by atoms with Crippen molar-refractivity contribution < 1.29 is 14.3 Å². The summed E-state index contributed by atoms with van der Waals surface area (Å²) in [6.07, 6.45) is -0.131. The van der Waals surface area contributed by atoms with E-state index in [0.717, 1.165) is 47.6 Å². The van der Waals surface area contributed by atoms with Gasteiger partial charge in [-0.3, -0.25) is 9.69 Å². The normalized spacial score (nSPS) is 15.2. The molecule has 0 aliphatic carbocycles. The lowest BCUT2D eigenvalue weighted by atomic mass is 10.1. The van der Waals surface area contributed by atoms with Crippen molar-refractivity contribution in [3.63, 3.8) is 0 Å². The van der Waals surface area contributed by atoms with E-state index in [1.165, 1.54) is 0 Å². The molecule has 6 heteroatoms.